The van der Waals surface area contributed by atoms with Crippen LogP contribution in [0.5, 0.6) is 0 Å². The molecule has 1 spiro atoms. The lowest BCUT2D eigenvalue weighted by Gasteiger charge is -2.52. The zero-order valence-corrected chi connectivity index (χ0v) is 24.6. The molecular weight excluding hydrogens is 496 g/mol. The molecule has 9 unspecified atom stereocenters. The lowest BCUT2D eigenvalue weighted by atomic mass is 9.51. The summed E-state index contributed by atoms with van der Waals surface area (Å²) in [4.78, 5) is 52.0. The summed E-state index contributed by atoms with van der Waals surface area (Å²) >= 11 is 0. The van der Waals surface area contributed by atoms with Crippen molar-refractivity contribution in [2.24, 2.45) is 46.3 Å². The number of esters is 1. The van der Waals surface area contributed by atoms with Crippen molar-refractivity contribution in [2.75, 3.05) is 0 Å². The minimum absolute atomic E-state index is 0.0692. The van der Waals surface area contributed by atoms with Crippen molar-refractivity contribution >= 4 is 17.5 Å². The molecule has 212 valence electrons. The number of allylic oxidation sites excluding steroid dienone is 3. The van der Waals surface area contributed by atoms with Crippen LogP contribution in [-0.2, 0) is 28.9 Å². The van der Waals surface area contributed by atoms with E-state index in [1.54, 1.807) is 0 Å². The molecule has 5 aliphatic carbocycles. The Morgan fingerprint density at radius 1 is 1.13 bits per heavy atom. The number of carbonyl (C=O) groups is 3. The normalized spacial score (nSPS) is 46.1. The van der Waals surface area contributed by atoms with E-state index in [-0.39, 0.29) is 53.5 Å². The summed E-state index contributed by atoms with van der Waals surface area (Å²) in [7, 11) is 0. The first-order valence-corrected chi connectivity index (χ1v) is 14.5. The van der Waals surface area contributed by atoms with Crippen LogP contribution in [0.25, 0.3) is 0 Å². The first-order chi connectivity index (χ1) is 18.0. The number of fused-ring (bicyclic) bond motifs is 5. The average Bonchev–Trinajstić information content (AvgIpc) is 3.28. The van der Waals surface area contributed by atoms with Gasteiger partial charge in [0.05, 0.1) is 0 Å². The summed E-state index contributed by atoms with van der Waals surface area (Å²) < 4.78 is 6.23. The molecule has 7 heteroatoms. The van der Waals surface area contributed by atoms with E-state index < -0.39 is 34.2 Å². The molecule has 0 radical (unpaired) electrons. The Hall–Kier alpha value is -2.09. The van der Waals surface area contributed by atoms with E-state index >= 15 is 0 Å². The Labute approximate surface area is 230 Å². The SMILES string of the molecule is CC(=O)OC1C2C(C)=C3CC(C(C)C)C(=O)CC(C)C31C1(C)C3=C(C(=O)C21)C(C)CC1(O)OOC(C)(C)C1=C3. The number of ether oxygens (including phenoxy) is 1. The second-order valence-electron chi connectivity index (χ2n) is 14.2. The lowest BCUT2D eigenvalue weighted by Crippen LogP contribution is -2.51. The summed E-state index contributed by atoms with van der Waals surface area (Å²) in [5, 5.41) is 11.6. The predicted molar refractivity (Wildman–Crippen MR) is 143 cm³/mol. The molecule has 0 aromatic carbocycles. The molecule has 6 aliphatic rings. The molecule has 39 heavy (non-hydrogen) atoms. The molecule has 7 nitrogen and oxygen atoms in total. The van der Waals surface area contributed by atoms with Crippen LogP contribution in [0.4, 0.5) is 0 Å². The van der Waals surface area contributed by atoms with Gasteiger partial charge in [-0.25, -0.2) is 4.89 Å². The molecule has 9 atom stereocenters. The zero-order chi connectivity index (χ0) is 28.6. The van der Waals surface area contributed by atoms with Gasteiger partial charge in [0.1, 0.15) is 17.5 Å². The van der Waals surface area contributed by atoms with Gasteiger partial charge in [0.15, 0.2) is 5.78 Å². The molecule has 0 aromatic rings. The summed E-state index contributed by atoms with van der Waals surface area (Å²) in [6, 6.07) is 0. The van der Waals surface area contributed by atoms with E-state index in [9.17, 15) is 19.5 Å². The second-order valence-corrected chi connectivity index (χ2v) is 14.2. The van der Waals surface area contributed by atoms with Gasteiger partial charge < -0.3 is 9.84 Å². The van der Waals surface area contributed by atoms with Crippen LogP contribution in [0.1, 0.15) is 81.6 Å². The lowest BCUT2D eigenvalue weighted by molar-refractivity contribution is -0.390. The number of Topliss-reactive ketones (excluding diaryl/α,β-unsaturated/α-hetero) is 2. The predicted octanol–water partition coefficient (Wildman–Crippen LogP) is 5.03. The van der Waals surface area contributed by atoms with E-state index in [2.05, 4.69) is 34.6 Å². The number of carbonyl (C=O) groups excluding carboxylic acids is 3. The van der Waals surface area contributed by atoms with Crippen LogP contribution in [0.3, 0.4) is 0 Å². The first kappa shape index (κ1) is 27.1. The van der Waals surface area contributed by atoms with E-state index in [0.29, 0.717) is 18.4 Å². The quantitative estimate of drug-likeness (QED) is 0.299. The summed E-state index contributed by atoms with van der Waals surface area (Å²) in [6.45, 7) is 17.7. The van der Waals surface area contributed by atoms with Gasteiger partial charge in [-0.2, -0.15) is 4.89 Å². The van der Waals surface area contributed by atoms with E-state index in [4.69, 9.17) is 14.5 Å². The van der Waals surface area contributed by atoms with Crippen molar-refractivity contribution in [1.29, 1.82) is 0 Å². The molecule has 0 aromatic heterocycles. The van der Waals surface area contributed by atoms with Gasteiger partial charge in [-0.05, 0) is 50.5 Å². The number of aliphatic hydroxyl groups is 1. The highest BCUT2D eigenvalue weighted by Crippen LogP contribution is 2.79. The summed E-state index contributed by atoms with van der Waals surface area (Å²) in [5.74, 6) is -2.70. The molecule has 1 heterocycles. The van der Waals surface area contributed by atoms with Crippen LogP contribution >= 0.6 is 0 Å². The summed E-state index contributed by atoms with van der Waals surface area (Å²) in [6.07, 6.45) is 2.65. The third kappa shape index (κ3) is 3.02. The van der Waals surface area contributed by atoms with Crippen molar-refractivity contribution in [3.05, 3.63) is 33.9 Å². The molecule has 1 saturated heterocycles. The molecule has 2 saturated carbocycles. The summed E-state index contributed by atoms with van der Waals surface area (Å²) in [5.41, 5.74) is 2.21. The van der Waals surface area contributed by atoms with Crippen molar-refractivity contribution in [3.8, 4) is 0 Å². The highest BCUT2D eigenvalue weighted by molar-refractivity contribution is 6.05. The Balaban J connectivity index is 1.66. The van der Waals surface area contributed by atoms with Crippen LogP contribution < -0.4 is 0 Å². The fourth-order valence-corrected chi connectivity index (χ4v) is 10.1. The second kappa shape index (κ2) is 8.01. The van der Waals surface area contributed by atoms with Gasteiger partial charge in [0, 0.05) is 59.5 Å². The maximum Gasteiger partial charge on any atom is 0.302 e. The standard InChI is InChI=1S/C32H42O7/c1-14(2)19-11-20-17(5)25-26-27(35)24-15(3)13-31(36)23(29(7,8)38-39-31)12-21(24)30(26,9)32(20,16(4)10-22(19)34)28(25)37-18(6)33/h12,14-16,19,25-26,28,36H,10-11,13H2,1-9H3. The smallest absolute Gasteiger partial charge is 0.302 e. The largest absolute Gasteiger partial charge is 0.461 e. The molecule has 3 fully saturated rings. The van der Waals surface area contributed by atoms with Crippen molar-refractivity contribution in [2.45, 2.75) is 99.1 Å². The third-order valence-corrected chi connectivity index (χ3v) is 11.5. The molecule has 0 amide bonds. The molecule has 1 N–H and O–H groups in total. The van der Waals surface area contributed by atoms with Crippen LogP contribution in [0.15, 0.2) is 33.9 Å². The van der Waals surface area contributed by atoms with E-state index in [1.165, 1.54) is 12.5 Å². The van der Waals surface area contributed by atoms with E-state index in [1.807, 2.05) is 26.8 Å². The number of rotatable bonds is 2. The van der Waals surface area contributed by atoms with Gasteiger partial charge in [-0.1, -0.05) is 51.8 Å². The topological polar surface area (TPSA) is 99.1 Å². The van der Waals surface area contributed by atoms with Gasteiger partial charge in [-0.15, -0.1) is 0 Å². The highest BCUT2D eigenvalue weighted by Gasteiger charge is 2.80. The molecular formula is C32H42O7. The van der Waals surface area contributed by atoms with Crippen molar-refractivity contribution in [1.82, 2.24) is 0 Å². The number of hydrogen-bond donors (Lipinski definition) is 1. The maximum absolute atomic E-state index is 14.6. The molecule has 2 bridgehead atoms. The van der Waals surface area contributed by atoms with Gasteiger partial charge in [0.25, 0.3) is 0 Å². The minimum atomic E-state index is -1.63. The number of hydrogen-bond acceptors (Lipinski definition) is 7. The first-order valence-electron chi connectivity index (χ1n) is 14.5. The Morgan fingerprint density at radius 3 is 2.41 bits per heavy atom. The Bertz CT molecular complexity index is 1300. The van der Waals surface area contributed by atoms with Crippen molar-refractivity contribution in [3.63, 3.8) is 0 Å². The van der Waals surface area contributed by atoms with Crippen molar-refractivity contribution < 1.29 is 34.0 Å². The Morgan fingerprint density at radius 2 is 1.79 bits per heavy atom. The van der Waals surface area contributed by atoms with Gasteiger partial charge in [0.2, 0.25) is 5.79 Å². The molecule has 6 rings (SSSR count). The zero-order valence-electron chi connectivity index (χ0n) is 24.6. The molecule has 1 aliphatic heterocycles. The van der Waals surface area contributed by atoms with Crippen LogP contribution in [0.2, 0.25) is 0 Å². The highest BCUT2D eigenvalue weighted by atomic mass is 17.2. The van der Waals surface area contributed by atoms with Crippen LogP contribution in [0, 0.1) is 46.3 Å². The van der Waals surface area contributed by atoms with Gasteiger partial charge in [-0.3, -0.25) is 14.4 Å². The third-order valence-electron chi connectivity index (χ3n) is 11.5. The van der Waals surface area contributed by atoms with Gasteiger partial charge >= 0.3 is 5.97 Å². The minimum Gasteiger partial charge on any atom is -0.461 e. The fourth-order valence-electron chi connectivity index (χ4n) is 10.1. The Kier molecular flexibility index (Phi) is 5.57. The maximum atomic E-state index is 14.6. The average molecular weight is 539 g/mol. The van der Waals surface area contributed by atoms with E-state index in [0.717, 1.165) is 16.7 Å². The fraction of sp³-hybridized carbons (Fsp3) is 0.719. The monoisotopic (exact) mass is 538 g/mol. The van der Waals surface area contributed by atoms with Crippen LogP contribution in [-0.4, -0.2) is 40.1 Å². The number of ketones is 2.